The maximum atomic E-state index is 12.7. The molecule has 0 bridgehead atoms. The number of piperazine rings is 1. The summed E-state index contributed by atoms with van der Waals surface area (Å²) >= 11 is 1.53. The number of nitrogens with zero attached hydrogens (tertiary/aromatic N) is 2. The van der Waals surface area contributed by atoms with Crippen molar-refractivity contribution in [3.05, 3.63) is 71.1 Å². The van der Waals surface area contributed by atoms with Crippen molar-refractivity contribution in [2.45, 2.75) is 0 Å². The standard InChI is InChI=1S/C20H18N2O2S/c23-19(15-6-2-1-3-7-15)21-10-12-22(13-11-21)20(24)18-14-16-8-4-5-9-17(16)25-18/h1-9,14H,10-13H2. The van der Waals surface area contributed by atoms with Gasteiger partial charge in [-0.25, -0.2) is 0 Å². The van der Waals surface area contributed by atoms with Gasteiger partial charge in [0.05, 0.1) is 4.88 Å². The molecule has 0 saturated carbocycles. The number of fused-ring (bicyclic) bond motifs is 1. The minimum absolute atomic E-state index is 0.0366. The van der Waals surface area contributed by atoms with Crippen molar-refractivity contribution in [3.63, 3.8) is 0 Å². The van der Waals surface area contributed by atoms with Crippen molar-refractivity contribution < 1.29 is 9.59 Å². The Morgan fingerprint density at radius 1 is 0.760 bits per heavy atom. The van der Waals surface area contributed by atoms with Crippen molar-refractivity contribution in [1.82, 2.24) is 9.80 Å². The van der Waals surface area contributed by atoms with Gasteiger partial charge in [-0.15, -0.1) is 11.3 Å². The second kappa shape index (κ2) is 6.69. The van der Waals surface area contributed by atoms with Crippen LogP contribution in [0.15, 0.2) is 60.7 Å². The zero-order valence-corrected chi connectivity index (χ0v) is 14.5. The van der Waals surface area contributed by atoms with Gasteiger partial charge in [-0.05, 0) is 29.7 Å². The Hall–Kier alpha value is -2.66. The predicted octanol–water partition coefficient (Wildman–Crippen LogP) is 3.50. The van der Waals surface area contributed by atoms with Crippen LogP contribution in [0.5, 0.6) is 0 Å². The molecular formula is C20H18N2O2S. The van der Waals surface area contributed by atoms with Crippen LogP contribution in [0.25, 0.3) is 10.1 Å². The first-order valence-electron chi connectivity index (χ1n) is 8.34. The number of hydrogen-bond donors (Lipinski definition) is 0. The monoisotopic (exact) mass is 350 g/mol. The van der Waals surface area contributed by atoms with E-state index >= 15 is 0 Å². The number of hydrogen-bond acceptors (Lipinski definition) is 3. The van der Waals surface area contributed by atoms with Gasteiger partial charge in [0.25, 0.3) is 11.8 Å². The topological polar surface area (TPSA) is 40.6 Å². The molecule has 4 rings (SSSR count). The van der Waals surface area contributed by atoms with Gasteiger partial charge in [-0.3, -0.25) is 9.59 Å². The number of carbonyl (C=O) groups is 2. The van der Waals surface area contributed by atoms with Gasteiger partial charge in [0.2, 0.25) is 0 Å². The molecule has 1 saturated heterocycles. The zero-order valence-electron chi connectivity index (χ0n) is 13.7. The number of rotatable bonds is 2. The smallest absolute Gasteiger partial charge is 0.264 e. The van der Waals surface area contributed by atoms with Gasteiger partial charge in [0.15, 0.2) is 0 Å². The molecule has 5 heteroatoms. The summed E-state index contributed by atoms with van der Waals surface area (Å²) in [4.78, 5) is 29.7. The highest BCUT2D eigenvalue weighted by molar-refractivity contribution is 7.20. The first-order chi connectivity index (χ1) is 12.2. The molecule has 0 radical (unpaired) electrons. The van der Waals surface area contributed by atoms with E-state index in [0.29, 0.717) is 31.7 Å². The Morgan fingerprint density at radius 2 is 1.36 bits per heavy atom. The molecule has 2 amide bonds. The quantitative estimate of drug-likeness (QED) is 0.710. The summed E-state index contributed by atoms with van der Waals surface area (Å²) in [5, 5.41) is 1.11. The molecule has 4 nitrogen and oxygen atoms in total. The summed E-state index contributed by atoms with van der Waals surface area (Å²) in [7, 11) is 0. The molecule has 126 valence electrons. The van der Waals surface area contributed by atoms with Crippen molar-refractivity contribution in [1.29, 1.82) is 0 Å². The van der Waals surface area contributed by atoms with Gasteiger partial charge in [-0.1, -0.05) is 36.4 Å². The fraction of sp³-hybridized carbons (Fsp3) is 0.200. The number of carbonyl (C=O) groups excluding carboxylic acids is 2. The third-order valence-corrected chi connectivity index (χ3v) is 5.62. The van der Waals surface area contributed by atoms with Crippen molar-refractivity contribution >= 4 is 33.2 Å². The second-order valence-electron chi connectivity index (χ2n) is 6.10. The lowest BCUT2D eigenvalue weighted by atomic mass is 10.2. The number of thiophene rings is 1. The first kappa shape index (κ1) is 15.8. The highest BCUT2D eigenvalue weighted by Crippen LogP contribution is 2.26. The van der Waals surface area contributed by atoms with Crippen LogP contribution in [0.3, 0.4) is 0 Å². The third-order valence-electron chi connectivity index (χ3n) is 4.51. The molecule has 2 aromatic carbocycles. The fourth-order valence-corrected chi connectivity index (χ4v) is 4.15. The molecule has 0 spiro atoms. The van der Waals surface area contributed by atoms with Gasteiger partial charge >= 0.3 is 0 Å². The molecule has 0 atom stereocenters. The van der Waals surface area contributed by atoms with Gasteiger partial charge in [-0.2, -0.15) is 0 Å². The van der Waals surface area contributed by atoms with Crippen LogP contribution in [-0.2, 0) is 0 Å². The van der Waals surface area contributed by atoms with Crippen molar-refractivity contribution in [3.8, 4) is 0 Å². The maximum Gasteiger partial charge on any atom is 0.264 e. The zero-order chi connectivity index (χ0) is 17.2. The van der Waals surface area contributed by atoms with Crippen LogP contribution in [0, 0.1) is 0 Å². The highest BCUT2D eigenvalue weighted by Gasteiger charge is 2.26. The molecular weight excluding hydrogens is 332 g/mol. The van der Waals surface area contributed by atoms with Crippen molar-refractivity contribution in [2.24, 2.45) is 0 Å². The van der Waals surface area contributed by atoms with Crippen LogP contribution in [-0.4, -0.2) is 47.8 Å². The predicted molar refractivity (Wildman–Crippen MR) is 100 cm³/mol. The summed E-state index contributed by atoms with van der Waals surface area (Å²) in [5.41, 5.74) is 0.701. The molecule has 1 aromatic heterocycles. The Kier molecular flexibility index (Phi) is 4.24. The van der Waals surface area contributed by atoms with E-state index < -0.39 is 0 Å². The number of benzene rings is 2. The first-order valence-corrected chi connectivity index (χ1v) is 9.16. The van der Waals surface area contributed by atoms with E-state index in [2.05, 4.69) is 0 Å². The molecule has 1 fully saturated rings. The van der Waals surface area contributed by atoms with Crippen LogP contribution in [0.2, 0.25) is 0 Å². The molecule has 25 heavy (non-hydrogen) atoms. The molecule has 0 N–H and O–H groups in total. The van der Waals surface area contributed by atoms with E-state index in [1.54, 1.807) is 0 Å². The summed E-state index contributed by atoms with van der Waals surface area (Å²) in [6.45, 7) is 2.30. The Labute approximate surface area is 150 Å². The van der Waals surface area contributed by atoms with Gasteiger partial charge < -0.3 is 9.80 Å². The minimum Gasteiger partial charge on any atom is -0.335 e. The lowest BCUT2D eigenvalue weighted by Gasteiger charge is -2.34. The lowest BCUT2D eigenvalue weighted by molar-refractivity contribution is 0.0538. The van der Waals surface area contributed by atoms with E-state index in [4.69, 9.17) is 0 Å². The van der Waals surface area contributed by atoms with Gasteiger partial charge in [0, 0.05) is 36.4 Å². The Morgan fingerprint density at radius 3 is 2.04 bits per heavy atom. The van der Waals surface area contributed by atoms with Crippen LogP contribution in [0.1, 0.15) is 20.0 Å². The average Bonchev–Trinajstić information content (AvgIpc) is 3.12. The summed E-state index contributed by atoms with van der Waals surface area (Å²) < 4.78 is 1.13. The van der Waals surface area contributed by atoms with E-state index in [1.807, 2.05) is 70.5 Å². The van der Waals surface area contributed by atoms with E-state index in [0.717, 1.165) is 15.0 Å². The van der Waals surface area contributed by atoms with Crippen LogP contribution >= 0.6 is 11.3 Å². The lowest BCUT2D eigenvalue weighted by Crippen LogP contribution is -2.50. The minimum atomic E-state index is 0.0366. The summed E-state index contributed by atoms with van der Waals surface area (Å²) in [6, 6.07) is 19.3. The largest absolute Gasteiger partial charge is 0.335 e. The molecule has 0 unspecified atom stereocenters. The van der Waals surface area contributed by atoms with Crippen molar-refractivity contribution in [2.75, 3.05) is 26.2 Å². The molecule has 2 heterocycles. The molecule has 1 aliphatic rings. The molecule has 3 aromatic rings. The third kappa shape index (κ3) is 3.15. The Bertz CT molecular complexity index is 879. The SMILES string of the molecule is O=C(c1ccccc1)N1CCN(C(=O)c2cc3ccccc3s2)CC1. The van der Waals surface area contributed by atoms with E-state index in [1.165, 1.54) is 11.3 Å². The summed E-state index contributed by atoms with van der Waals surface area (Å²) in [5.74, 6) is 0.0996. The van der Waals surface area contributed by atoms with Gasteiger partial charge in [0.1, 0.15) is 0 Å². The number of amides is 2. The molecule has 1 aliphatic heterocycles. The fourth-order valence-electron chi connectivity index (χ4n) is 3.12. The summed E-state index contributed by atoms with van der Waals surface area (Å²) in [6.07, 6.45) is 0. The molecule has 0 aliphatic carbocycles. The highest BCUT2D eigenvalue weighted by atomic mass is 32.1. The van der Waals surface area contributed by atoms with E-state index in [-0.39, 0.29) is 11.8 Å². The van der Waals surface area contributed by atoms with Crippen LogP contribution < -0.4 is 0 Å². The average molecular weight is 350 g/mol. The second-order valence-corrected chi connectivity index (χ2v) is 7.18. The van der Waals surface area contributed by atoms with E-state index in [9.17, 15) is 9.59 Å². The normalized spacial score (nSPS) is 14.7. The Balaban J connectivity index is 1.43. The van der Waals surface area contributed by atoms with Crippen LogP contribution in [0.4, 0.5) is 0 Å². The maximum absolute atomic E-state index is 12.7.